The summed E-state index contributed by atoms with van der Waals surface area (Å²) in [6, 6.07) is 0.344. The highest BCUT2D eigenvalue weighted by atomic mass is 16.5. The molecular weight excluding hydrogens is 270 g/mol. The van der Waals surface area contributed by atoms with E-state index < -0.39 is 0 Å². The van der Waals surface area contributed by atoms with Crippen molar-refractivity contribution in [3.63, 3.8) is 0 Å². The summed E-state index contributed by atoms with van der Waals surface area (Å²) in [5, 5.41) is 15.6. The number of anilines is 2. The Morgan fingerprint density at radius 2 is 1.81 bits per heavy atom. The molecule has 1 unspecified atom stereocenters. The molecule has 0 saturated heterocycles. The van der Waals surface area contributed by atoms with E-state index in [2.05, 4.69) is 46.4 Å². The van der Waals surface area contributed by atoms with Crippen LogP contribution in [0, 0.1) is 5.41 Å². The molecule has 120 valence electrons. The summed E-state index contributed by atoms with van der Waals surface area (Å²) in [6.45, 7) is 11.5. The van der Waals surface area contributed by atoms with E-state index in [-0.39, 0.29) is 18.1 Å². The molecule has 7 heteroatoms. The summed E-state index contributed by atoms with van der Waals surface area (Å²) >= 11 is 0. The SMILES string of the molecule is CCNc1nc(NC(CCO)C(C)(C)C)nc(OCC)n1. The molecule has 1 heterocycles. The van der Waals surface area contributed by atoms with Crippen molar-refractivity contribution in [2.24, 2.45) is 5.41 Å². The first-order chi connectivity index (χ1) is 9.90. The zero-order valence-corrected chi connectivity index (χ0v) is 13.6. The van der Waals surface area contributed by atoms with Crippen molar-refractivity contribution in [3.05, 3.63) is 0 Å². The van der Waals surface area contributed by atoms with E-state index in [1.807, 2.05) is 13.8 Å². The number of aliphatic hydroxyl groups excluding tert-OH is 1. The summed E-state index contributed by atoms with van der Waals surface area (Å²) in [4.78, 5) is 12.8. The van der Waals surface area contributed by atoms with Gasteiger partial charge in [0.05, 0.1) is 6.61 Å². The third kappa shape index (κ3) is 5.71. The highest BCUT2D eigenvalue weighted by Gasteiger charge is 2.25. The average molecular weight is 297 g/mol. The van der Waals surface area contributed by atoms with Crippen LogP contribution in [0.2, 0.25) is 0 Å². The van der Waals surface area contributed by atoms with E-state index in [9.17, 15) is 5.11 Å². The lowest BCUT2D eigenvalue weighted by Crippen LogP contribution is -2.35. The zero-order chi connectivity index (χ0) is 15.9. The molecule has 0 amide bonds. The minimum absolute atomic E-state index is 0.0283. The fraction of sp³-hybridized carbons (Fsp3) is 0.786. The van der Waals surface area contributed by atoms with Crippen LogP contribution in [-0.2, 0) is 0 Å². The molecule has 1 aromatic rings. The Labute approximate surface area is 126 Å². The summed E-state index contributed by atoms with van der Waals surface area (Å²) in [5.41, 5.74) is -0.0283. The van der Waals surface area contributed by atoms with Gasteiger partial charge in [-0.2, -0.15) is 15.0 Å². The van der Waals surface area contributed by atoms with Crippen LogP contribution in [-0.4, -0.2) is 45.9 Å². The quantitative estimate of drug-likeness (QED) is 0.675. The topological polar surface area (TPSA) is 92.2 Å². The lowest BCUT2D eigenvalue weighted by Gasteiger charge is -2.31. The van der Waals surface area contributed by atoms with Gasteiger partial charge in [0.25, 0.3) is 0 Å². The summed E-state index contributed by atoms with van der Waals surface area (Å²) < 4.78 is 5.37. The molecule has 0 fully saturated rings. The van der Waals surface area contributed by atoms with Crippen LogP contribution in [0.1, 0.15) is 41.0 Å². The first-order valence-corrected chi connectivity index (χ1v) is 7.40. The normalized spacial score (nSPS) is 12.9. The Kier molecular flexibility index (Phi) is 6.61. The number of ether oxygens (including phenoxy) is 1. The summed E-state index contributed by atoms with van der Waals surface area (Å²) in [7, 11) is 0. The molecule has 0 aromatic carbocycles. The Bertz CT molecular complexity index is 410. The Hall–Kier alpha value is -1.63. The zero-order valence-electron chi connectivity index (χ0n) is 13.6. The van der Waals surface area contributed by atoms with Crippen LogP contribution in [0.5, 0.6) is 6.01 Å². The number of aliphatic hydroxyl groups is 1. The second-order valence-electron chi connectivity index (χ2n) is 5.80. The van der Waals surface area contributed by atoms with Gasteiger partial charge >= 0.3 is 6.01 Å². The molecule has 0 spiro atoms. The molecule has 1 rings (SSSR count). The first-order valence-electron chi connectivity index (χ1n) is 7.40. The maximum absolute atomic E-state index is 9.23. The Morgan fingerprint density at radius 1 is 1.14 bits per heavy atom. The average Bonchev–Trinajstić information content (AvgIpc) is 2.38. The molecule has 1 aromatic heterocycles. The van der Waals surface area contributed by atoms with Crippen molar-refractivity contribution in [2.45, 2.75) is 47.1 Å². The number of aromatic nitrogens is 3. The molecule has 7 nitrogen and oxygen atoms in total. The Balaban J connectivity index is 2.98. The minimum atomic E-state index is -0.0283. The molecule has 3 N–H and O–H groups in total. The van der Waals surface area contributed by atoms with Crippen molar-refractivity contribution in [1.29, 1.82) is 0 Å². The van der Waals surface area contributed by atoms with Crippen LogP contribution >= 0.6 is 0 Å². The first kappa shape index (κ1) is 17.4. The number of hydrogen-bond donors (Lipinski definition) is 3. The number of nitrogens with one attached hydrogen (secondary N) is 2. The molecule has 1 atom stereocenters. The fourth-order valence-corrected chi connectivity index (χ4v) is 1.86. The van der Waals surface area contributed by atoms with E-state index in [0.29, 0.717) is 37.5 Å². The molecule has 0 aliphatic rings. The van der Waals surface area contributed by atoms with Gasteiger partial charge in [-0.3, -0.25) is 0 Å². The smallest absolute Gasteiger partial charge is 0.323 e. The maximum Gasteiger partial charge on any atom is 0.323 e. The van der Waals surface area contributed by atoms with Gasteiger partial charge in [0.1, 0.15) is 0 Å². The predicted molar refractivity (Wildman–Crippen MR) is 83.7 cm³/mol. The van der Waals surface area contributed by atoms with E-state index in [4.69, 9.17) is 4.74 Å². The van der Waals surface area contributed by atoms with Gasteiger partial charge in [-0.1, -0.05) is 20.8 Å². The van der Waals surface area contributed by atoms with Gasteiger partial charge < -0.3 is 20.5 Å². The molecule has 0 bridgehead atoms. The maximum atomic E-state index is 9.23. The molecule has 0 aliphatic heterocycles. The van der Waals surface area contributed by atoms with E-state index in [0.717, 1.165) is 0 Å². The van der Waals surface area contributed by atoms with Crippen LogP contribution in [0.3, 0.4) is 0 Å². The van der Waals surface area contributed by atoms with Crippen LogP contribution in [0.15, 0.2) is 0 Å². The molecule has 0 saturated carbocycles. The van der Waals surface area contributed by atoms with E-state index in [1.165, 1.54) is 0 Å². The van der Waals surface area contributed by atoms with Crippen molar-refractivity contribution in [1.82, 2.24) is 15.0 Å². The van der Waals surface area contributed by atoms with Gasteiger partial charge in [0.15, 0.2) is 0 Å². The lowest BCUT2D eigenvalue weighted by molar-refractivity contribution is 0.234. The highest BCUT2D eigenvalue weighted by Crippen LogP contribution is 2.25. The molecular formula is C14H27N5O2. The largest absolute Gasteiger partial charge is 0.464 e. The molecule has 21 heavy (non-hydrogen) atoms. The van der Waals surface area contributed by atoms with Crippen molar-refractivity contribution in [2.75, 3.05) is 30.4 Å². The van der Waals surface area contributed by atoms with Crippen molar-refractivity contribution < 1.29 is 9.84 Å². The fourth-order valence-electron chi connectivity index (χ4n) is 1.86. The van der Waals surface area contributed by atoms with E-state index >= 15 is 0 Å². The van der Waals surface area contributed by atoms with Gasteiger partial charge in [0.2, 0.25) is 11.9 Å². The number of hydrogen-bond acceptors (Lipinski definition) is 7. The van der Waals surface area contributed by atoms with Gasteiger partial charge in [-0.05, 0) is 25.7 Å². The predicted octanol–water partition coefficient (Wildman–Crippen LogP) is 1.91. The standard InChI is InChI=1S/C14H27N5O2/c1-6-15-11-17-12(19-13(18-11)21-7-2)16-10(8-9-20)14(3,4)5/h10,20H,6-9H2,1-5H3,(H2,15,16,17,18,19). The molecule has 0 aliphatic carbocycles. The van der Waals surface area contributed by atoms with Crippen molar-refractivity contribution in [3.8, 4) is 6.01 Å². The monoisotopic (exact) mass is 297 g/mol. The third-order valence-corrected chi connectivity index (χ3v) is 2.99. The lowest BCUT2D eigenvalue weighted by atomic mass is 9.85. The van der Waals surface area contributed by atoms with Gasteiger partial charge in [-0.15, -0.1) is 0 Å². The van der Waals surface area contributed by atoms with Gasteiger partial charge in [0, 0.05) is 19.2 Å². The van der Waals surface area contributed by atoms with Gasteiger partial charge in [-0.25, -0.2) is 0 Å². The number of rotatable bonds is 8. The van der Waals surface area contributed by atoms with Crippen molar-refractivity contribution >= 4 is 11.9 Å². The second-order valence-corrected chi connectivity index (χ2v) is 5.80. The summed E-state index contributed by atoms with van der Waals surface area (Å²) in [5.74, 6) is 0.938. The summed E-state index contributed by atoms with van der Waals surface area (Å²) in [6.07, 6.45) is 0.621. The minimum Gasteiger partial charge on any atom is -0.464 e. The van der Waals surface area contributed by atoms with Crippen LogP contribution in [0.25, 0.3) is 0 Å². The second kappa shape index (κ2) is 7.97. The number of nitrogens with zero attached hydrogens (tertiary/aromatic N) is 3. The van der Waals surface area contributed by atoms with Crippen LogP contribution < -0.4 is 15.4 Å². The third-order valence-electron chi connectivity index (χ3n) is 2.99. The van der Waals surface area contributed by atoms with E-state index in [1.54, 1.807) is 0 Å². The highest BCUT2D eigenvalue weighted by molar-refractivity contribution is 5.36. The van der Waals surface area contributed by atoms with Crippen LogP contribution in [0.4, 0.5) is 11.9 Å². The Morgan fingerprint density at radius 3 is 2.33 bits per heavy atom. The molecule has 0 radical (unpaired) electrons.